The summed E-state index contributed by atoms with van der Waals surface area (Å²) in [6.07, 6.45) is 5.93. The summed E-state index contributed by atoms with van der Waals surface area (Å²) in [7, 11) is 0. The number of likely N-dealkylation sites (tertiary alicyclic amines) is 1. The molecule has 0 aromatic heterocycles. The molecule has 148 valence electrons. The van der Waals surface area contributed by atoms with Crippen LogP contribution in [0.4, 0.5) is 0 Å². The molecule has 0 radical (unpaired) electrons. The van der Waals surface area contributed by atoms with E-state index in [9.17, 15) is 4.79 Å². The number of fused-ring (bicyclic) bond motifs is 1. The zero-order valence-corrected chi connectivity index (χ0v) is 17.4. The molecule has 0 aliphatic carbocycles. The average molecular weight is 418 g/mol. The van der Waals surface area contributed by atoms with Crippen LogP contribution >= 0.6 is 24.2 Å². The molecular weight excluding hydrogens is 394 g/mol. The Kier molecular flexibility index (Phi) is 6.38. The van der Waals surface area contributed by atoms with Gasteiger partial charge in [-0.25, -0.2) is 0 Å². The van der Waals surface area contributed by atoms with Crippen molar-refractivity contribution in [1.29, 1.82) is 0 Å². The van der Waals surface area contributed by atoms with Crippen LogP contribution in [0.2, 0.25) is 0 Å². The number of halogens is 1. The summed E-state index contributed by atoms with van der Waals surface area (Å²) in [5.41, 5.74) is 3.15. The summed E-state index contributed by atoms with van der Waals surface area (Å²) in [6.45, 7) is 1.55. The first kappa shape index (κ1) is 20.8. The maximum atomic E-state index is 11.0. The topological polar surface area (TPSA) is 49.8 Å². The lowest BCUT2D eigenvalue weighted by Gasteiger charge is -2.42. The van der Waals surface area contributed by atoms with Crippen LogP contribution in [0.15, 0.2) is 59.5 Å². The zero-order chi connectivity index (χ0) is 18.9. The maximum absolute atomic E-state index is 11.0. The van der Waals surface area contributed by atoms with Crippen molar-refractivity contribution < 1.29 is 14.6 Å². The number of carbonyl (C=O) groups is 1. The van der Waals surface area contributed by atoms with Crippen LogP contribution in [0.3, 0.4) is 0 Å². The number of carboxylic acid groups (broad SMARTS) is 1. The molecule has 1 saturated heterocycles. The Hall–Kier alpha value is -1.95. The molecule has 1 N–H and O–H groups in total. The van der Waals surface area contributed by atoms with Gasteiger partial charge in [0.25, 0.3) is 0 Å². The van der Waals surface area contributed by atoms with Crippen LogP contribution in [0.25, 0.3) is 5.57 Å². The monoisotopic (exact) mass is 417 g/mol. The Morgan fingerprint density at radius 2 is 1.82 bits per heavy atom. The molecule has 0 atom stereocenters. The standard InChI is InChI=1S/C22H23NO3S.ClH/c1-27-17-8-6-16(7-9-17)19-14-22(26-20-5-3-2-4-18(19)20)10-12-23(13-11-22)15-21(24)25;/h2-9,14H,10-13,15H2,1H3,(H,24,25);1H. The molecule has 4 rings (SSSR count). The first-order chi connectivity index (χ1) is 13.1. The van der Waals surface area contributed by atoms with Gasteiger partial charge in [0.15, 0.2) is 0 Å². The SMILES string of the molecule is CSc1ccc(C2=CC3(CCN(CC(=O)O)CC3)Oc3ccccc32)cc1.Cl. The number of benzene rings is 2. The Balaban J connectivity index is 0.00000225. The van der Waals surface area contributed by atoms with Crippen LogP contribution in [-0.4, -0.2) is 47.5 Å². The minimum Gasteiger partial charge on any atom is -0.482 e. The molecule has 2 aliphatic rings. The Bertz CT molecular complexity index is 874. The summed E-state index contributed by atoms with van der Waals surface area (Å²) in [4.78, 5) is 14.2. The quantitative estimate of drug-likeness (QED) is 0.738. The van der Waals surface area contributed by atoms with Crippen LogP contribution in [0.1, 0.15) is 24.0 Å². The third-order valence-corrected chi connectivity index (χ3v) is 6.10. The van der Waals surface area contributed by atoms with Crippen molar-refractivity contribution in [2.75, 3.05) is 25.9 Å². The van der Waals surface area contributed by atoms with E-state index in [1.54, 1.807) is 11.8 Å². The lowest BCUT2D eigenvalue weighted by Crippen LogP contribution is -2.49. The zero-order valence-electron chi connectivity index (χ0n) is 15.8. The van der Waals surface area contributed by atoms with Crippen molar-refractivity contribution in [3.05, 3.63) is 65.7 Å². The Morgan fingerprint density at radius 1 is 1.14 bits per heavy atom. The molecule has 1 fully saturated rings. The van der Waals surface area contributed by atoms with Crippen LogP contribution in [-0.2, 0) is 4.79 Å². The number of nitrogens with zero attached hydrogens (tertiary/aromatic N) is 1. The van der Waals surface area contributed by atoms with Crippen LogP contribution < -0.4 is 4.74 Å². The lowest BCUT2D eigenvalue weighted by atomic mass is 9.83. The first-order valence-electron chi connectivity index (χ1n) is 9.18. The van der Waals surface area contributed by atoms with Gasteiger partial charge in [-0.1, -0.05) is 30.3 Å². The molecule has 2 heterocycles. The molecule has 28 heavy (non-hydrogen) atoms. The minimum absolute atomic E-state index is 0. The molecule has 4 nitrogen and oxygen atoms in total. The number of hydrogen-bond acceptors (Lipinski definition) is 4. The van der Waals surface area contributed by atoms with Crippen molar-refractivity contribution in [3.63, 3.8) is 0 Å². The molecule has 0 unspecified atom stereocenters. The van der Waals surface area contributed by atoms with Crippen molar-refractivity contribution in [2.45, 2.75) is 23.3 Å². The number of rotatable bonds is 4. The number of thioether (sulfide) groups is 1. The van der Waals surface area contributed by atoms with E-state index < -0.39 is 5.97 Å². The normalized spacial score (nSPS) is 17.8. The van der Waals surface area contributed by atoms with E-state index in [0.717, 1.165) is 37.2 Å². The maximum Gasteiger partial charge on any atom is 0.317 e. The van der Waals surface area contributed by atoms with Crippen molar-refractivity contribution in [2.24, 2.45) is 0 Å². The van der Waals surface area contributed by atoms with Crippen molar-refractivity contribution in [1.82, 2.24) is 4.90 Å². The highest BCUT2D eigenvalue weighted by Crippen LogP contribution is 2.43. The van der Waals surface area contributed by atoms with E-state index in [4.69, 9.17) is 9.84 Å². The number of hydrogen-bond donors (Lipinski definition) is 1. The highest BCUT2D eigenvalue weighted by Gasteiger charge is 2.39. The van der Waals surface area contributed by atoms with E-state index in [1.807, 2.05) is 23.1 Å². The summed E-state index contributed by atoms with van der Waals surface area (Å²) in [6, 6.07) is 16.8. The fourth-order valence-corrected chi connectivity index (χ4v) is 4.31. The smallest absolute Gasteiger partial charge is 0.317 e. The van der Waals surface area contributed by atoms with Gasteiger partial charge in [0.1, 0.15) is 11.4 Å². The van der Waals surface area contributed by atoms with E-state index in [1.165, 1.54) is 16.0 Å². The highest BCUT2D eigenvalue weighted by molar-refractivity contribution is 7.98. The summed E-state index contributed by atoms with van der Waals surface area (Å²) >= 11 is 1.74. The molecule has 2 aromatic rings. The highest BCUT2D eigenvalue weighted by atomic mass is 35.5. The van der Waals surface area contributed by atoms with E-state index >= 15 is 0 Å². The molecule has 0 amide bonds. The number of ether oxygens (including phenoxy) is 1. The summed E-state index contributed by atoms with van der Waals surface area (Å²) < 4.78 is 6.46. The average Bonchev–Trinajstić information content (AvgIpc) is 2.69. The third-order valence-electron chi connectivity index (χ3n) is 5.36. The second-order valence-corrected chi connectivity index (χ2v) is 8.00. The number of aliphatic carboxylic acids is 1. The molecule has 6 heteroatoms. The fourth-order valence-electron chi connectivity index (χ4n) is 3.90. The largest absolute Gasteiger partial charge is 0.482 e. The van der Waals surface area contributed by atoms with Gasteiger partial charge in [-0.05, 0) is 41.7 Å². The van der Waals surface area contributed by atoms with Gasteiger partial charge in [0.05, 0.1) is 6.54 Å². The van der Waals surface area contributed by atoms with E-state index in [-0.39, 0.29) is 24.6 Å². The Morgan fingerprint density at radius 3 is 2.46 bits per heavy atom. The Labute approximate surface area is 176 Å². The predicted octanol–water partition coefficient (Wildman–Crippen LogP) is 4.57. The van der Waals surface area contributed by atoms with Gasteiger partial charge < -0.3 is 9.84 Å². The first-order valence-corrected chi connectivity index (χ1v) is 10.4. The summed E-state index contributed by atoms with van der Waals surface area (Å²) in [5, 5.41) is 9.04. The van der Waals surface area contributed by atoms with Gasteiger partial charge >= 0.3 is 5.97 Å². The molecule has 2 aliphatic heterocycles. The van der Waals surface area contributed by atoms with Crippen LogP contribution in [0, 0.1) is 0 Å². The number of carboxylic acids is 1. The van der Waals surface area contributed by atoms with Crippen LogP contribution in [0.5, 0.6) is 5.75 Å². The minimum atomic E-state index is -0.772. The van der Waals surface area contributed by atoms with Crippen molar-refractivity contribution >= 4 is 35.7 Å². The summed E-state index contributed by atoms with van der Waals surface area (Å²) in [5.74, 6) is 0.140. The predicted molar refractivity (Wildman–Crippen MR) is 116 cm³/mol. The van der Waals surface area contributed by atoms with Gasteiger partial charge in [-0.2, -0.15) is 0 Å². The molecule has 0 bridgehead atoms. The second-order valence-electron chi connectivity index (χ2n) is 7.12. The third kappa shape index (κ3) is 4.22. The lowest BCUT2D eigenvalue weighted by molar-refractivity contribution is -0.139. The van der Waals surface area contributed by atoms with E-state index in [2.05, 4.69) is 42.7 Å². The van der Waals surface area contributed by atoms with Gasteiger partial charge in [-0.15, -0.1) is 24.2 Å². The molecule has 1 spiro atoms. The number of para-hydroxylation sites is 1. The van der Waals surface area contributed by atoms with Crippen molar-refractivity contribution in [3.8, 4) is 5.75 Å². The van der Waals surface area contributed by atoms with Gasteiger partial charge in [0.2, 0.25) is 0 Å². The van der Waals surface area contributed by atoms with E-state index in [0.29, 0.717) is 0 Å². The molecular formula is C22H24ClNO3S. The number of piperidine rings is 1. The van der Waals surface area contributed by atoms with Gasteiger partial charge in [-0.3, -0.25) is 9.69 Å². The molecule has 0 saturated carbocycles. The van der Waals surface area contributed by atoms with Gasteiger partial charge in [0, 0.05) is 36.4 Å². The fraction of sp³-hybridized carbons (Fsp3) is 0.318. The molecule has 2 aromatic carbocycles. The second kappa shape index (κ2) is 8.60.